The lowest BCUT2D eigenvalue weighted by atomic mass is 10.1. The van der Waals surface area contributed by atoms with Crippen molar-refractivity contribution in [3.8, 4) is 34.3 Å². The number of halogens is 2. The molecule has 130 valence electrons. The van der Waals surface area contributed by atoms with Gasteiger partial charge in [0.1, 0.15) is 17.8 Å². The van der Waals surface area contributed by atoms with Crippen molar-refractivity contribution in [2.24, 2.45) is 0 Å². The van der Waals surface area contributed by atoms with Crippen LogP contribution in [0.4, 0.5) is 4.39 Å². The van der Waals surface area contributed by atoms with E-state index < -0.39 is 5.82 Å². The first-order valence-corrected chi connectivity index (χ1v) is 8.04. The number of benzene rings is 2. The van der Waals surface area contributed by atoms with Gasteiger partial charge in [0.15, 0.2) is 17.3 Å². The van der Waals surface area contributed by atoms with Crippen LogP contribution in [0, 0.1) is 5.82 Å². The lowest BCUT2D eigenvalue weighted by Gasteiger charge is -2.14. The molecule has 8 heteroatoms. The van der Waals surface area contributed by atoms with E-state index >= 15 is 0 Å². The summed E-state index contributed by atoms with van der Waals surface area (Å²) in [5.41, 5.74) is 0.929. The van der Waals surface area contributed by atoms with Gasteiger partial charge in [-0.25, -0.2) is 14.1 Å². The molecule has 0 unspecified atom stereocenters. The summed E-state index contributed by atoms with van der Waals surface area (Å²) in [6.07, 6.45) is 1.36. The second-order valence-electron chi connectivity index (χ2n) is 5.01. The molecule has 2 aromatic carbocycles. The molecule has 0 amide bonds. The molecule has 0 N–H and O–H groups in total. The smallest absolute Gasteiger partial charge is 0.203 e. The van der Waals surface area contributed by atoms with Crippen molar-refractivity contribution in [2.75, 3.05) is 21.3 Å². The molecule has 0 spiro atoms. The maximum Gasteiger partial charge on any atom is 0.203 e. The standard InChI is InChI=1S/C17H15BrFN3O3/c1-23-14-6-10(7-15(24-2)16(14)25-3)17-20-9-21-22(17)13-5-4-11(18)8-12(13)19/h4-9H,1-3H3. The van der Waals surface area contributed by atoms with Crippen molar-refractivity contribution in [3.05, 3.63) is 46.9 Å². The summed E-state index contributed by atoms with van der Waals surface area (Å²) in [6, 6.07) is 8.20. The maximum atomic E-state index is 14.3. The Balaban J connectivity index is 2.17. The minimum Gasteiger partial charge on any atom is -0.493 e. The van der Waals surface area contributed by atoms with Crippen molar-refractivity contribution in [1.82, 2.24) is 14.8 Å². The zero-order chi connectivity index (χ0) is 18.0. The van der Waals surface area contributed by atoms with Crippen LogP contribution in [-0.4, -0.2) is 36.1 Å². The first-order chi connectivity index (χ1) is 12.1. The van der Waals surface area contributed by atoms with E-state index in [1.165, 1.54) is 38.4 Å². The molecule has 0 bridgehead atoms. The monoisotopic (exact) mass is 407 g/mol. The molecule has 6 nitrogen and oxygen atoms in total. The molecule has 0 aliphatic rings. The molecule has 0 fully saturated rings. The molecule has 3 rings (SSSR count). The molecular formula is C17H15BrFN3O3. The summed E-state index contributed by atoms with van der Waals surface area (Å²) in [7, 11) is 4.58. The summed E-state index contributed by atoms with van der Waals surface area (Å²) in [4.78, 5) is 4.25. The number of nitrogens with zero attached hydrogens (tertiary/aromatic N) is 3. The molecule has 1 aromatic heterocycles. The quantitative estimate of drug-likeness (QED) is 0.642. The minimum absolute atomic E-state index is 0.282. The van der Waals surface area contributed by atoms with E-state index in [9.17, 15) is 4.39 Å². The molecule has 0 radical (unpaired) electrons. The van der Waals surface area contributed by atoms with E-state index in [1.807, 2.05) is 0 Å². The largest absolute Gasteiger partial charge is 0.493 e. The Morgan fingerprint density at radius 2 is 1.68 bits per heavy atom. The van der Waals surface area contributed by atoms with Gasteiger partial charge in [0.25, 0.3) is 0 Å². The fraction of sp³-hybridized carbons (Fsp3) is 0.176. The van der Waals surface area contributed by atoms with Gasteiger partial charge in [0.05, 0.1) is 21.3 Å². The van der Waals surface area contributed by atoms with Crippen molar-refractivity contribution in [2.45, 2.75) is 0 Å². The van der Waals surface area contributed by atoms with Crippen LogP contribution in [0.15, 0.2) is 41.1 Å². The third-order valence-electron chi connectivity index (χ3n) is 3.61. The fourth-order valence-corrected chi connectivity index (χ4v) is 2.81. The van der Waals surface area contributed by atoms with Crippen LogP contribution in [0.25, 0.3) is 17.1 Å². The highest BCUT2D eigenvalue weighted by molar-refractivity contribution is 9.10. The van der Waals surface area contributed by atoms with Crippen molar-refractivity contribution in [1.29, 1.82) is 0 Å². The average molecular weight is 408 g/mol. The SMILES string of the molecule is COc1cc(-c2ncnn2-c2ccc(Br)cc2F)cc(OC)c1OC. The number of hydrogen-bond donors (Lipinski definition) is 0. The zero-order valence-corrected chi connectivity index (χ0v) is 15.4. The number of aromatic nitrogens is 3. The van der Waals surface area contributed by atoms with Crippen LogP contribution in [0.5, 0.6) is 17.2 Å². The second-order valence-corrected chi connectivity index (χ2v) is 5.92. The van der Waals surface area contributed by atoms with E-state index in [1.54, 1.807) is 24.3 Å². The van der Waals surface area contributed by atoms with Gasteiger partial charge >= 0.3 is 0 Å². The summed E-state index contributed by atoms with van der Waals surface area (Å²) in [5.74, 6) is 1.44. The predicted octanol–water partition coefficient (Wildman–Crippen LogP) is 3.86. The number of ether oxygens (including phenoxy) is 3. The molecule has 0 saturated carbocycles. The highest BCUT2D eigenvalue weighted by atomic mass is 79.9. The van der Waals surface area contributed by atoms with Gasteiger partial charge in [0, 0.05) is 10.0 Å². The van der Waals surface area contributed by atoms with Gasteiger partial charge in [-0.15, -0.1) is 0 Å². The van der Waals surface area contributed by atoms with Crippen LogP contribution >= 0.6 is 15.9 Å². The molecule has 25 heavy (non-hydrogen) atoms. The van der Waals surface area contributed by atoms with Crippen molar-refractivity contribution >= 4 is 15.9 Å². The van der Waals surface area contributed by atoms with E-state index in [0.29, 0.717) is 33.1 Å². The fourth-order valence-electron chi connectivity index (χ4n) is 2.48. The van der Waals surface area contributed by atoms with Gasteiger partial charge < -0.3 is 14.2 Å². The van der Waals surface area contributed by atoms with Gasteiger partial charge in [0.2, 0.25) is 5.75 Å². The molecule has 0 aliphatic carbocycles. The minimum atomic E-state index is -0.423. The summed E-state index contributed by atoms with van der Waals surface area (Å²) in [5, 5.41) is 4.14. The molecule has 3 aromatic rings. The Kier molecular flexibility index (Phi) is 4.89. The lowest BCUT2D eigenvalue weighted by molar-refractivity contribution is 0.324. The summed E-state index contributed by atoms with van der Waals surface area (Å²) >= 11 is 3.24. The Hall–Kier alpha value is -2.61. The third-order valence-corrected chi connectivity index (χ3v) is 4.10. The van der Waals surface area contributed by atoms with E-state index in [4.69, 9.17) is 14.2 Å². The van der Waals surface area contributed by atoms with Crippen LogP contribution in [0.2, 0.25) is 0 Å². The number of hydrogen-bond acceptors (Lipinski definition) is 5. The first kappa shape index (κ1) is 17.2. The zero-order valence-electron chi connectivity index (χ0n) is 13.8. The first-order valence-electron chi connectivity index (χ1n) is 7.25. The summed E-state index contributed by atoms with van der Waals surface area (Å²) in [6.45, 7) is 0. The predicted molar refractivity (Wildman–Crippen MR) is 94.1 cm³/mol. The highest BCUT2D eigenvalue weighted by Crippen LogP contribution is 2.41. The Bertz CT molecular complexity index is 889. The Labute approximate surface area is 152 Å². The van der Waals surface area contributed by atoms with Gasteiger partial charge in [-0.05, 0) is 30.3 Å². The third kappa shape index (κ3) is 3.17. The molecular weight excluding hydrogens is 393 g/mol. The molecule has 0 atom stereocenters. The second kappa shape index (κ2) is 7.10. The molecule has 0 aliphatic heterocycles. The van der Waals surface area contributed by atoms with Gasteiger partial charge in [-0.3, -0.25) is 0 Å². The summed E-state index contributed by atoms with van der Waals surface area (Å²) < 4.78 is 32.4. The van der Waals surface area contributed by atoms with Crippen LogP contribution in [0.3, 0.4) is 0 Å². The normalized spacial score (nSPS) is 10.6. The van der Waals surface area contributed by atoms with E-state index in [0.717, 1.165) is 0 Å². The number of rotatable bonds is 5. The van der Waals surface area contributed by atoms with Crippen LogP contribution in [0.1, 0.15) is 0 Å². The Morgan fingerprint density at radius 1 is 1.00 bits per heavy atom. The molecule has 0 saturated heterocycles. The molecule has 1 heterocycles. The number of methoxy groups -OCH3 is 3. The van der Waals surface area contributed by atoms with Crippen LogP contribution in [-0.2, 0) is 0 Å². The highest BCUT2D eigenvalue weighted by Gasteiger charge is 2.19. The Morgan fingerprint density at radius 3 is 2.24 bits per heavy atom. The van der Waals surface area contributed by atoms with Gasteiger partial charge in [-0.2, -0.15) is 5.10 Å². The maximum absolute atomic E-state index is 14.3. The average Bonchev–Trinajstić information content (AvgIpc) is 3.09. The lowest BCUT2D eigenvalue weighted by Crippen LogP contribution is -2.03. The van der Waals surface area contributed by atoms with Crippen LogP contribution < -0.4 is 14.2 Å². The topological polar surface area (TPSA) is 58.4 Å². The van der Waals surface area contributed by atoms with Gasteiger partial charge in [-0.1, -0.05) is 15.9 Å². The van der Waals surface area contributed by atoms with Crippen molar-refractivity contribution in [3.63, 3.8) is 0 Å². The van der Waals surface area contributed by atoms with E-state index in [-0.39, 0.29) is 5.69 Å². The van der Waals surface area contributed by atoms with E-state index in [2.05, 4.69) is 26.0 Å². The van der Waals surface area contributed by atoms with Crippen molar-refractivity contribution < 1.29 is 18.6 Å².